The van der Waals surface area contributed by atoms with Gasteiger partial charge in [0.05, 0.1) is 10.6 Å². The van der Waals surface area contributed by atoms with Crippen LogP contribution < -0.4 is 5.32 Å². The van der Waals surface area contributed by atoms with E-state index in [9.17, 15) is 4.79 Å². The lowest BCUT2D eigenvalue weighted by atomic mass is 10.00. The van der Waals surface area contributed by atoms with Crippen LogP contribution in [0.25, 0.3) is 0 Å². The van der Waals surface area contributed by atoms with Crippen molar-refractivity contribution >= 4 is 17.5 Å². The molecule has 1 aliphatic heterocycles. The number of carbonyl (C=O) groups excluding carboxylic acids is 1. The summed E-state index contributed by atoms with van der Waals surface area (Å²) in [5.74, 6) is -0.0775. The van der Waals surface area contributed by atoms with Crippen LogP contribution in [0.2, 0.25) is 5.02 Å². The van der Waals surface area contributed by atoms with Crippen LogP contribution in [0.15, 0.2) is 24.3 Å². The summed E-state index contributed by atoms with van der Waals surface area (Å²) in [6, 6.07) is 7.91. The summed E-state index contributed by atoms with van der Waals surface area (Å²) in [6.45, 7) is 5.25. The number of nitrogens with zero attached hydrogens (tertiary/aromatic N) is 1. The lowest BCUT2D eigenvalue weighted by Gasteiger charge is -2.35. The van der Waals surface area contributed by atoms with Crippen molar-refractivity contribution in [2.24, 2.45) is 0 Å². The molecule has 1 aromatic rings. The van der Waals surface area contributed by atoms with Gasteiger partial charge in [0.25, 0.3) is 5.91 Å². The van der Waals surface area contributed by atoms with Crippen molar-refractivity contribution in [2.75, 3.05) is 19.6 Å². The predicted molar refractivity (Wildman–Crippen MR) is 87.9 cm³/mol. The van der Waals surface area contributed by atoms with Gasteiger partial charge >= 0.3 is 0 Å². The smallest absolute Gasteiger partial charge is 0.252 e. The van der Waals surface area contributed by atoms with Gasteiger partial charge in [-0.3, -0.25) is 4.79 Å². The molecule has 1 N–H and O–H groups in total. The fraction of sp³-hybridized carbons (Fsp3) is 0.588. The number of nitrogens with one attached hydrogen (secondary N) is 1. The second kappa shape index (κ2) is 8.40. The first-order valence-electron chi connectivity index (χ1n) is 7.99. The number of piperidine rings is 1. The van der Waals surface area contributed by atoms with E-state index >= 15 is 0 Å². The molecule has 1 aliphatic rings. The Morgan fingerprint density at radius 1 is 1.38 bits per heavy atom. The summed E-state index contributed by atoms with van der Waals surface area (Å²) in [4.78, 5) is 14.6. The summed E-state index contributed by atoms with van der Waals surface area (Å²) in [6.07, 6.45) is 6.21. The van der Waals surface area contributed by atoms with Crippen LogP contribution >= 0.6 is 11.6 Å². The molecule has 0 bridgehead atoms. The van der Waals surface area contributed by atoms with Crippen molar-refractivity contribution in [3.05, 3.63) is 34.9 Å². The van der Waals surface area contributed by atoms with E-state index < -0.39 is 0 Å². The van der Waals surface area contributed by atoms with Gasteiger partial charge in [0.15, 0.2) is 0 Å². The van der Waals surface area contributed by atoms with Crippen molar-refractivity contribution < 1.29 is 4.79 Å². The van der Waals surface area contributed by atoms with Gasteiger partial charge in [0.2, 0.25) is 0 Å². The molecule has 1 aromatic carbocycles. The lowest BCUT2D eigenvalue weighted by molar-refractivity contribution is 0.0947. The minimum atomic E-state index is -0.0775. The minimum Gasteiger partial charge on any atom is -0.352 e. The Morgan fingerprint density at radius 2 is 2.19 bits per heavy atom. The Hall–Kier alpha value is -1.06. The topological polar surface area (TPSA) is 32.3 Å². The molecule has 3 nitrogen and oxygen atoms in total. The first kappa shape index (κ1) is 16.3. The Morgan fingerprint density at radius 3 is 2.95 bits per heavy atom. The van der Waals surface area contributed by atoms with Crippen LogP contribution in [0.3, 0.4) is 0 Å². The largest absolute Gasteiger partial charge is 0.352 e. The summed E-state index contributed by atoms with van der Waals surface area (Å²) < 4.78 is 0. The van der Waals surface area contributed by atoms with Gasteiger partial charge in [-0.1, -0.05) is 37.1 Å². The van der Waals surface area contributed by atoms with E-state index in [1.54, 1.807) is 12.1 Å². The van der Waals surface area contributed by atoms with Crippen LogP contribution in [-0.2, 0) is 0 Å². The maximum Gasteiger partial charge on any atom is 0.252 e. The van der Waals surface area contributed by atoms with Gasteiger partial charge in [-0.05, 0) is 44.4 Å². The first-order valence-corrected chi connectivity index (χ1v) is 8.37. The number of benzene rings is 1. The molecular formula is C17H25ClN2O. The Bertz CT molecular complexity index is 464. The lowest BCUT2D eigenvalue weighted by Crippen LogP contribution is -2.40. The highest BCUT2D eigenvalue weighted by Crippen LogP contribution is 2.19. The van der Waals surface area contributed by atoms with Crippen LogP contribution in [0.1, 0.15) is 49.4 Å². The molecule has 21 heavy (non-hydrogen) atoms. The molecule has 1 fully saturated rings. The van der Waals surface area contributed by atoms with Crippen LogP contribution in [-0.4, -0.2) is 36.5 Å². The zero-order valence-corrected chi connectivity index (χ0v) is 13.5. The van der Waals surface area contributed by atoms with E-state index in [0.29, 0.717) is 17.1 Å². The predicted octanol–water partition coefficient (Wildman–Crippen LogP) is 3.72. The quantitative estimate of drug-likeness (QED) is 0.812. The van der Waals surface area contributed by atoms with Gasteiger partial charge in [0.1, 0.15) is 0 Å². The molecule has 0 aliphatic carbocycles. The third kappa shape index (κ3) is 4.72. The van der Waals surface area contributed by atoms with Crippen molar-refractivity contribution in [3.63, 3.8) is 0 Å². The highest BCUT2D eigenvalue weighted by atomic mass is 35.5. The zero-order chi connectivity index (χ0) is 15.1. The molecule has 1 heterocycles. The molecule has 1 saturated heterocycles. The van der Waals surface area contributed by atoms with E-state index in [0.717, 1.165) is 19.0 Å². The fourth-order valence-corrected chi connectivity index (χ4v) is 3.26. The van der Waals surface area contributed by atoms with E-state index in [4.69, 9.17) is 11.6 Å². The van der Waals surface area contributed by atoms with E-state index in [1.807, 2.05) is 12.1 Å². The number of rotatable bonds is 6. The molecule has 4 heteroatoms. The monoisotopic (exact) mass is 308 g/mol. The number of amides is 1. The maximum atomic E-state index is 12.0. The molecule has 2 rings (SSSR count). The molecule has 1 unspecified atom stereocenters. The van der Waals surface area contributed by atoms with Crippen molar-refractivity contribution in [1.29, 1.82) is 0 Å². The van der Waals surface area contributed by atoms with Gasteiger partial charge < -0.3 is 10.2 Å². The van der Waals surface area contributed by atoms with Crippen LogP contribution in [0.5, 0.6) is 0 Å². The summed E-state index contributed by atoms with van der Waals surface area (Å²) in [5, 5.41) is 3.47. The standard InChI is InChI=1S/C17H25ClN2O/c1-2-14-8-5-6-12-20(14)13-7-11-19-17(21)15-9-3-4-10-16(15)18/h3-4,9-10,14H,2,5-8,11-13H2,1H3,(H,19,21). The highest BCUT2D eigenvalue weighted by molar-refractivity contribution is 6.33. The molecule has 0 saturated carbocycles. The maximum absolute atomic E-state index is 12.0. The van der Waals surface area contributed by atoms with E-state index in [-0.39, 0.29) is 5.91 Å². The number of hydrogen-bond donors (Lipinski definition) is 1. The first-order chi connectivity index (χ1) is 10.2. The Labute approximate surface area is 132 Å². The third-order valence-corrected chi connectivity index (χ3v) is 4.58. The van der Waals surface area contributed by atoms with Crippen molar-refractivity contribution in [3.8, 4) is 0 Å². The SMILES string of the molecule is CCC1CCCCN1CCCNC(=O)c1ccccc1Cl. The molecule has 0 aromatic heterocycles. The van der Waals surface area contributed by atoms with Crippen LogP contribution in [0.4, 0.5) is 0 Å². The molecule has 0 spiro atoms. The Kier molecular flexibility index (Phi) is 6.52. The molecule has 1 atom stereocenters. The minimum absolute atomic E-state index is 0.0775. The summed E-state index contributed by atoms with van der Waals surface area (Å²) >= 11 is 6.02. The average Bonchev–Trinajstić information content (AvgIpc) is 2.52. The fourth-order valence-electron chi connectivity index (χ4n) is 3.04. The second-order valence-corrected chi connectivity index (χ2v) is 6.09. The number of carbonyl (C=O) groups is 1. The van der Waals surface area contributed by atoms with Gasteiger partial charge in [-0.25, -0.2) is 0 Å². The van der Waals surface area contributed by atoms with Gasteiger partial charge in [0, 0.05) is 19.1 Å². The summed E-state index contributed by atoms with van der Waals surface area (Å²) in [7, 11) is 0. The second-order valence-electron chi connectivity index (χ2n) is 5.68. The number of hydrogen-bond acceptors (Lipinski definition) is 2. The highest BCUT2D eigenvalue weighted by Gasteiger charge is 2.19. The van der Waals surface area contributed by atoms with Gasteiger partial charge in [-0.15, -0.1) is 0 Å². The number of likely N-dealkylation sites (tertiary alicyclic amines) is 1. The van der Waals surface area contributed by atoms with Crippen molar-refractivity contribution in [2.45, 2.75) is 45.1 Å². The average molecular weight is 309 g/mol. The van der Waals surface area contributed by atoms with Gasteiger partial charge in [-0.2, -0.15) is 0 Å². The summed E-state index contributed by atoms with van der Waals surface area (Å²) in [5.41, 5.74) is 0.559. The van der Waals surface area contributed by atoms with Crippen molar-refractivity contribution in [1.82, 2.24) is 10.2 Å². The molecule has 0 radical (unpaired) electrons. The normalized spacial score (nSPS) is 19.4. The van der Waals surface area contributed by atoms with E-state index in [1.165, 1.54) is 32.2 Å². The zero-order valence-electron chi connectivity index (χ0n) is 12.8. The number of halogens is 1. The molecule has 1 amide bonds. The molecular weight excluding hydrogens is 284 g/mol. The van der Waals surface area contributed by atoms with Crippen LogP contribution in [0, 0.1) is 0 Å². The molecule has 116 valence electrons. The third-order valence-electron chi connectivity index (χ3n) is 4.25. The Balaban J connectivity index is 1.72. The van der Waals surface area contributed by atoms with E-state index in [2.05, 4.69) is 17.1 Å².